The lowest BCUT2D eigenvalue weighted by molar-refractivity contribution is -0.139. The van der Waals surface area contributed by atoms with Gasteiger partial charge in [-0.05, 0) is 35.7 Å². The van der Waals surface area contributed by atoms with E-state index in [0.717, 1.165) is 16.7 Å². The minimum absolute atomic E-state index is 0.138. The topological polar surface area (TPSA) is 76.1 Å². The van der Waals surface area contributed by atoms with E-state index in [2.05, 4.69) is 0 Å². The van der Waals surface area contributed by atoms with Crippen molar-refractivity contribution in [2.45, 2.75) is 19.4 Å². The summed E-state index contributed by atoms with van der Waals surface area (Å²) in [6.07, 6.45) is 0. The SMILES string of the molecule is COc1cc(C)c(C(=O)N2Cc3ccccc3C(C(=O)O)C2)cc1OC. The molecule has 26 heavy (non-hydrogen) atoms. The zero-order valence-electron chi connectivity index (χ0n) is 15.0. The third kappa shape index (κ3) is 3.10. The number of carboxylic acid groups (broad SMARTS) is 1. The van der Waals surface area contributed by atoms with Gasteiger partial charge in [-0.25, -0.2) is 0 Å². The Hall–Kier alpha value is -3.02. The van der Waals surface area contributed by atoms with E-state index in [1.54, 1.807) is 17.0 Å². The van der Waals surface area contributed by atoms with E-state index in [0.29, 0.717) is 23.6 Å². The molecule has 1 heterocycles. The Bertz CT molecular complexity index is 861. The van der Waals surface area contributed by atoms with Crippen LogP contribution in [0.25, 0.3) is 0 Å². The van der Waals surface area contributed by atoms with Gasteiger partial charge in [0.15, 0.2) is 11.5 Å². The van der Waals surface area contributed by atoms with Crippen molar-refractivity contribution >= 4 is 11.9 Å². The van der Waals surface area contributed by atoms with E-state index < -0.39 is 11.9 Å². The molecule has 1 unspecified atom stereocenters. The molecule has 0 aromatic heterocycles. The van der Waals surface area contributed by atoms with Gasteiger partial charge in [-0.1, -0.05) is 24.3 Å². The first-order valence-electron chi connectivity index (χ1n) is 8.28. The highest BCUT2D eigenvalue weighted by Crippen LogP contribution is 2.33. The normalized spacial score (nSPS) is 16.0. The highest BCUT2D eigenvalue weighted by molar-refractivity contribution is 5.97. The lowest BCUT2D eigenvalue weighted by atomic mass is 9.89. The summed E-state index contributed by atoms with van der Waals surface area (Å²) in [6.45, 7) is 2.34. The number of hydrogen-bond acceptors (Lipinski definition) is 4. The van der Waals surface area contributed by atoms with E-state index >= 15 is 0 Å². The number of rotatable bonds is 4. The number of carboxylic acids is 1. The Morgan fingerprint density at radius 1 is 1.12 bits per heavy atom. The maximum absolute atomic E-state index is 13.1. The first kappa shape index (κ1) is 17.8. The van der Waals surface area contributed by atoms with Crippen LogP contribution < -0.4 is 9.47 Å². The molecular weight excluding hydrogens is 334 g/mol. The molecule has 2 aromatic carbocycles. The smallest absolute Gasteiger partial charge is 0.312 e. The molecular formula is C20H21NO5. The molecule has 1 atom stereocenters. The fraction of sp³-hybridized carbons (Fsp3) is 0.300. The van der Waals surface area contributed by atoms with Crippen LogP contribution in [0.2, 0.25) is 0 Å². The molecule has 3 rings (SSSR count). The molecule has 6 heteroatoms. The van der Waals surface area contributed by atoms with Gasteiger partial charge in [-0.2, -0.15) is 0 Å². The van der Waals surface area contributed by atoms with E-state index in [1.807, 2.05) is 31.2 Å². The summed E-state index contributed by atoms with van der Waals surface area (Å²) in [7, 11) is 3.05. The average molecular weight is 355 g/mol. The fourth-order valence-electron chi connectivity index (χ4n) is 3.35. The molecule has 1 aliphatic rings. The standard InChI is InChI=1S/C20H21NO5/c1-12-8-17(25-2)18(26-3)9-15(12)19(22)21-10-13-6-4-5-7-14(13)16(11-21)20(23)24/h4-9,16H,10-11H2,1-3H3,(H,23,24). The number of carbonyl (C=O) groups is 2. The highest BCUT2D eigenvalue weighted by atomic mass is 16.5. The number of nitrogens with zero attached hydrogens (tertiary/aromatic N) is 1. The first-order valence-corrected chi connectivity index (χ1v) is 8.28. The molecule has 0 saturated heterocycles. The molecule has 0 fully saturated rings. The summed E-state index contributed by atoms with van der Waals surface area (Å²) in [6, 6.07) is 10.8. The maximum Gasteiger partial charge on any atom is 0.312 e. The monoisotopic (exact) mass is 355 g/mol. The summed E-state index contributed by atoms with van der Waals surface area (Å²) in [4.78, 5) is 26.4. The van der Waals surface area contributed by atoms with Crippen LogP contribution in [0, 0.1) is 6.92 Å². The first-order chi connectivity index (χ1) is 12.5. The zero-order valence-corrected chi connectivity index (χ0v) is 15.0. The van der Waals surface area contributed by atoms with E-state index in [9.17, 15) is 14.7 Å². The fourth-order valence-corrected chi connectivity index (χ4v) is 3.35. The second-order valence-corrected chi connectivity index (χ2v) is 6.30. The summed E-state index contributed by atoms with van der Waals surface area (Å²) >= 11 is 0. The predicted molar refractivity (Wildman–Crippen MR) is 95.8 cm³/mol. The molecule has 6 nitrogen and oxygen atoms in total. The summed E-state index contributed by atoms with van der Waals surface area (Å²) < 4.78 is 10.6. The van der Waals surface area contributed by atoms with Gasteiger partial charge in [0, 0.05) is 18.7 Å². The Kier molecular flexibility index (Phi) is 4.84. The average Bonchev–Trinajstić information content (AvgIpc) is 2.66. The predicted octanol–water partition coefficient (Wildman–Crippen LogP) is 2.84. The van der Waals surface area contributed by atoms with Gasteiger partial charge in [0.1, 0.15) is 0 Å². The van der Waals surface area contributed by atoms with Crippen LogP contribution in [0.1, 0.15) is 33.0 Å². The zero-order chi connectivity index (χ0) is 18.8. The van der Waals surface area contributed by atoms with Crippen LogP contribution >= 0.6 is 0 Å². The number of aryl methyl sites for hydroxylation is 1. The lowest BCUT2D eigenvalue weighted by Crippen LogP contribution is -2.40. The van der Waals surface area contributed by atoms with Gasteiger partial charge in [0.25, 0.3) is 5.91 Å². The van der Waals surface area contributed by atoms with E-state index in [4.69, 9.17) is 9.47 Å². The van der Waals surface area contributed by atoms with Crippen LogP contribution in [-0.2, 0) is 11.3 Å². The van der Waals surface area contributed by atoms with Crippen molar-refractivity contribution < 1.29 is 24.2 Å². The molecule has 136 valence electrons. The largest absolute Gasteiger partial charge is 0.493 e. The third-order valence-corrected chi connectivity index (χ3v) is 4.74. The third-order valence-electron chi connectivity index (χ3n) is 4.74. The molecule has 0 bridgehead atoms. The maximum atomic E-state index is 13.1. The number of amides is 1. The number of aliphatic carboxylic acids is 1. The van der Waals surface area contributed by atoms with Crippen molar-refractivity contribution in [3.63, 3.8) is 0 Å². The van der Waals surface area contributed by atoms with Crippen molar-refractivity contribution in [2.75, 3.05) is 20.8 Å². The second kappa shape index (κ2) is 7.07. The van der Waals surface area contributed by atoms with Gasteiger partial charge in [0.05, 0.1) is 20.1 Å². The Labute approximate surface area is 152 Å². The van der Waals surface area contributed by atoms with Crippen LogP contribution in [-0.4, -0.2) is 42.6 Å². The number of methoxy groups -OCH3 is 2. The molecule has 1 aliphatic heterocycles. The van der Waals surface area contributed by atoms with Crippen molar-refractivity contribution in [3.8, 4) is 11.5 Å². The number of hydrogen-bond donors (Lipinski definition) is 1. The lowest BCUT2D eigenvalue weighted by Gasteiger charge is -2.33. The van der Waals surface area contributed by atoms with Gasteiger partial charge in [0.2, 0.25) is 0 Å². The van der Waals surface area contributed by atoms with Crippen molar-refractivity contribution in [1.29, 1.82) is 0 Å². The van der Waals surface area contributed by atoms with Crippen LogP contribution in [0.15, 0.2) is 36.4 Å². The van der Waals surface area contributed by atoms with Crippen molar-refractivity contribution in [2.24, 2.45) is 0 Å². The summed E-state index contributed by atoms with van der Waals surface area (Å²) in [5, 5.41) is 9.59. The van der Waals surface area contributed by atoms with Crippen LogP contribution in [0.4, 0.5) is 0 Å². The minimum Gasteiger partial charge on any atom is -0.493 e. The van der Waals surface area contributed by atoms with Gasteiger partial charge < -0.3 is 19.5 Å². The summed E-state index contributed by atoms with van der Waals surface area (Å²) in [5.41, 5.74) is 2.86. The van der Waals surface area contributed by atoms with E-state index in [1.165, 1.54) is 14.2 Å². The van der Waals surface area contributed by atoms with Gasteiger partial charge in [-0.3, -0.25) is 9.59 Å². The Morgan fingerprint density at radius 3 is 2.42 bits per heavy atom. The van der Waals surface area contributed by atoms with Gasteiger partial charge >= 0.3 is 5.97 Å². The minimum atomic E-state index is -0.931. The summed E-state index contributed by atoms with van der Waals surface area (Å²) in [5.74, 6) is -0.866. The molecule has 0 aliphatic carbocycles. The number of carbonyl (C=O) groups excluding carboxylic acids is 1. The Balaban J connectivity index is 1.97. The molecule has 0 radical (unpaired) electrons. The Morgan fingerprint density at radius 2 is 1.77 bits per heavy atom. The van der Waals surface area contributed by atoms with Gasteiger partial charge in [-0.15, -0.1) is 0 Å². The number of fused-ring (bicyclic) bond motifs is 1. The number of benzene rings is 2. The van der Waals surface area contributed by atoms with Crippen LogP contribution in [0.3, 0.4) is 0 Å². The number of ether oxygens (including phenoxy) is 2. The quantitative estimate of drug-likeness (QED) is 0.913. The second-order valence-electron chi connectivity index (χ2n) is 6.30. The highest BCUT2D eigenvalue weighted by Gasteiger charge is 2.33. The molecule has 1 amide bonds. The molecule has 0 spiro atoms. The molecule has 2 aromatic rings. The van der Waals surface area contributed by atoms with Crippen molar-refractivity contribution in [3.05, 3.63) is 58.7 Å². The van der Waals surface area contributed by atoms with Crippen LogP contribution in [0.5, 0.6) is 11.5 Å². The molecule has 1 N–H and O–H groups in total. The molecule has 0 saturated carbocycles. The van der Waals surface area contributed by atoms with E-state index in [-0.39, 0.29) is 12.5 Å². The van der Waals surface area contributed by atoms with Crippen molar-refractivity contribution in [1.82, 2.24) is 4.90 Å².